The minimum atomic E-state index is -0.579. The molecule has 2 aromatic rings. The fraction of sp³-hybridized carbons (Fsp3) is 0.176. The van der Waals surface area contributed by atoms with Crippen LogP contribution in [-0.2, 0) is 4.79 Å². The predicted molar refractivity (Wildman–Crippen MR) is 91.6 cm³/mol. The van der Waals surface area contributed by atoms with Gasteiger partial charge in [0.25, 0.3) is 0 Å². The third kappa shape index (κ3) is 4.32. The Labute approximate surface area is 138 Å². The third-order valence-electron chi connectivity index (χ3n) is 3.42. The van der Waals surface area contributed by atoms with Crippen LogP contribution in [0.2, 0.25) is 0 Å². The summed E-state index contributed by atoms with van der Waals surface area (Å²) in [6, 6.07) is 11.3. The topological polar surface area (TPSA) is 32.3 Å². The zero-order valence-electron chi connectivity index (χ0n) is 12.7. The van der Waals surface area contributed by atoms with Crippen LogP contribution in [0.25, 0.3) is 0 Å². The number of hydrogen-bond acceptors (Lipinski definition) is 2. The normalized spacial score (nSPS) is 11.7. The fourth-order valence-electron chi connectivity index (χ4n) is 1.98. The number of carbonyl (C=O) groups excluding carboxylic acids is 1. The van der Waals surface area contributed by atoms with Crippen LogP contribution in [0.1, 0.15) is 6.92 Å². The molecule has 0 aliphatic rings. The molecule has 0 saturated carbocycles. The minimum Gasteiger partial charge on any atom is -0.338 e. The molecule has 0 aliphatic carbocycles. The van der Waals surface area contributed by atoms with E-state index in [0.717, 1.165) is 0 Å². The van der Waals surface area contributed by atoms with Crippen LogP contribution < -0.4 is 10.2 Å². The molecule has 1 atom stereocenters. The molecule has 6 heteroatoms. The molecule has 2 rings (SSSR count). The Morgan fingerprint density at radius 1 is 1.04 bits per heavy atom. The number of anilines is 2. The van der Waals surface area contributed by atoms with E-state index in [-0.39, 0.29) is 17.5 Å². The molecule has 0 saturated heterocycles. The number of amides is 1. The zero-order chi connectivity index (χ0) is 17.0. The fourth-order valence-corrected chi connectivity index (χ4v) is 2.19. The van der Waals surface area contributed by atoms with Crippen molar-refractivity contribution in [3.05, 3.63) is 60.2 Å². The highest BCUT2D eigenvalue weighted by Gasteiger charge is 2.22. The van der Waals surface area contributed by atoms with Crippen LogP contribution in [0, 0.1) is 17.6 Å². The first-order valence-electron chi connectivity index (χ1n) is 6.98. The number of benzene rings is 2. The maximum atomic E-state index is 13.0. The van der Waals surface area contributed by atoms with Gasteiger partial charge in [-0.3, -0.25) is 4.79 Å². The zero-order valence-corrected chi connectivity index (χ0v) is 13.5. The number of rotatable bonds is 4. The number of thiocarbonyl (C=S) groups is 1. The lowest BCUT2D eigenvalue weighted by Gasteiger charge is -2.24. The second-order valence-electron chi connectivity index (χ2n) is 5.09. The van der Waals surface area contributed by atoms with Crippen molar-refractivity contribution in [3.63, 3.8) is 0 Å². The monoisotopic (exact) mass is 334 g/mol. The Balaban J connectivity index is 2.04. The van der Waals surface area contributed by atoms with Crippen molar-refractivity contribution in [1.82, 2.24) is 0 Å². The summed E-state index contributed by atoms with van der Waals surface area (Å²) in [5, 5.41) is 2.69. The summed E-state index contributed by atoms with van der Waals surface area (Å²) in [7, 11) is 1.72. The van der Waals surface area contributed by atoms with Gasteiger partial charge in [-0.2, -0.15) is 0 Å². The van der Waals surface area contributed by atoms with E-state index < -0.39 is 5.92 Å². The van der Waals surface area contributed by atoms with E-state index in [1.54, 1.807) is 31.0 Å². The van der Waals surface area contributed by atoms with E-state index in [1.807, 2.05) is 0 Å². The Kier molecular flexibility index (Phi) is 5.39. The number of carbonyl (C=O) groups is 1. The molecule has 0 heterocycles. The van der Waals surface area contributed by atoms with Gasteiger partial charge < -0.3 is 10.2 Å². The first kappa shape index (κ1) is 17.0. The second-order valence-corrected chi connectivity index (χ2v) is 5.51. The Morgan fingerprint density at radius 3 is 2.04 bits per heavy atom. The smallest absolute Gasteiger partial charge is 0.234 e. The van der Waals surface area contributed by atoms with Gasteiger partial charge in [-0.15, -0.1) is 0 Å². The molecule has 0 radical (unpaired) electrons. The van der Waals surface area contributed by atoms with E-state index in [0.29, 0.717) is 16.4 Å². The maximum absolute atomic E-state index is 13.0. The van der Waals surface area contributed by atoms with E-state index >= 15 is 0 Å². The highest BCUT2D eigenvalue weighted by atomic mass is 32.1. The van der Waals surface area contributed by atoms with Crippen molar-refractivity contribution < 1.29 is 13.6 Å². The molecule has 0 aliphatic heterocycles. The van der Waals surface area contributed by atoms with Crippen LogP contribution in [0.3, 0.4) is 0 Å². The highest BCUT2D eigenvalue weighted by molar-refractivity contribution is 7.80. The predicted octanol–water partition coefficient (Wildman–Crippen LogP) is 4.00. The second kappa shape index (κ2) is 7.28. The first-order chi connectivity index (χ1) is 10.9. The van der Waals surface area contributed by atoms with Crippen molar-refractivity contribution in [3.8, 4) is 0 Å². The van der Waals surface area contributed by atoms with Crippen LogP contribution in [0.15, 0.2) is 48.5 Å². The summed E-state index contributed by atoms with van der Waals surface area (Å²) >= 11 is 5.34. The molecule has 23 heavy (non-hydrogen) atoms. The molecule has 120 valence electrons. The number of nitrogens with one attached hydrogen (secondary N) is 1. The Bertz CT molecular complexity index is 702. The van der Waals surface area contributed by atoms with Crippen molar-refractivity contribution in [2.75, 3.05) is 17.3 Å². The SMILES string of the molecule is CC(C(=O)Nc1ccc(F)cc1)C(=S)N(C)c1ccc(F)cc1. The molecule has 0 bridgehead atoms. The van der Waals surface area contributed by atoms with E-state index in [2.05, 4.69) is 5.32 Å². The molecule has 2 aromatic carbocycles. The van der Waals surface area contributed by atoms with E-state index in [1.165, 1.54) is 36.4 Å². The molecular weight excluding hydrogens is 318 g/mol. The Morgan fingerprint density at radius 2 is 1.52 bits per heavy atom. The number of halogens is 2. The van der Waals surface area contributed by atoms with Gasteiger partial charge in [0.2, 0.25) is 5.91 Å². The molecule has 1 unspecified atom stereocenters. The molecule has 1 amide bonds. The van der Waals surface area contributed by atoms with Crippen LogP contribution in [0.4, 0.5) is 20.2 Å². The van der Waals surface area contributed by atoms with Gasteiger partial charge in [0, 0.05) is 18.4 Å². The minimum absolute atomic E-state index is 0.296. The lowest BCUT2D eigenvalue weighted by Crippen LogP contribution is -2.36. The van der Waals surface area contributed by atoms with Gasteiger partial charge in [0.1, 0.15) is 11.6 Å². The van der Waals surface area contributed by atoms with Crippen LogP contribution >= 0.6 is 12.2 Å². The van der Waals surface area contributed by atoms with Gasteiger partial charge in [0.05, 0.1) is 10.9 Å². The molecule has 1 N–H and O–H groups in total. The van der Waals surface area contributed by atoms with Crippen molar-refractivity contribution in [2.45, 2.75) is 6.92 Å². The molecule has 3 nitrogen and oxygen atoms in total. The van der Waals surface area contributed by atoms with Gasteiger partial charge in [-0.25, -0.2) is 8.78 Å². The first-order valence-corrected chi connectivity index (χ1v) is 7.39. The van der Waals surface area contributed by atoms with Crippen LogP contribution in [0.5, 0.6) is 0 Å². The lowest BCUT2D eigenvalue weighted by atomic mass is 10.1. The largest absolute Gasteiger partial charge is 0.338 e. The van der Waals surface area contributed by atoms with Crippen molar-refractivity contribution in [2.24, 2.45) is 5.92 Å². The van der Waals surface area contributed by atoms with Gasteiger partial charge >= 0.3 is 0 Å². The summed E-state index contributed by atoms with van der Waals surface area (Å²) < 4.78 is 25.8. The van der Waals surface area contributed by atoms with Crippen molar-refractivity contribution in [1.29, 1.82) is 0 Å². The average molecular weight is 334 g/mol. The summed E-state index contributed by atoms with van der Waals surface area (Å²) in [5.74, 6) is -1.58. The quantitative estimate of drug-likeness (QED) is 0.858. The number of hydrogen-bond donors (Lipinski definition) is 1. The van der Waals surface area contributed by atoms with E-state index in [4.69, 9.17) is 12.2 Å². The van der Waals surface area contributed by atoms with Gasteiger partial charge in [-0.1, -0.05) is 12.2 Å². The molecule has 0 fully saturated rings. The third-order valence-corrected chi connectivity index (χ3v) is 4.05. The highest BCUT2D eigenvalue weighted by Crippen LogP contribution is 2.18. The van der Waals surface area contributed by atoms with Crippen LogP contribution in [-0.4, -0.2) is 17.9 Å². The van der Waals surface area contributed by atoms with Gasteiger partial charge in [0.15, 0.2) is 0 Å². The average Bonchev–Trinajstić information content (AvgIpc) is 2.55. The summed E-state index contributed by atoms with van der Waals surface area (Å²) in [6.45, 7) is 1.68. The summed E-state index contributed by atoms with van der Waals surface area (Å²) in [4.78, 5) is 14.3. The number of nitrogens with zero attached hydrogens (tertiary/aromatic N) is 1. The molecular formula is C17H16F2N2OS. The molecule has 0 aromatic heterocycles. The summed E-state index contributed by atoms with van der Waals surface area (Å²) in [6.07, 6.45) is 0. The molecule has 0 spiro atoms. The standard InChI is InChI=1S/C17H16F2N2OS/c1-11(16(22)20-14-7-3-12(18)4-8-14)17(23)21(2)15-9-5-13(19)6-10-15/h3-11H,1-2H3,(H,20,22). The van der Waals surface area contributed by atoms with E-state index in [9.17, 15) is 13.6 Å². The maximum Gasteiger partial charge on any atom is 0.234 e. The Hall–Kier alpha value is -2.34. The lowest BCUT2D eigenvalue weighted by molar-refractivity contribution is -0.117. The van der Waals surface area contributed by atoms with Gasteiger partial charge in [-0.05, 0) is 55.5 Å². The van der Waals surface area contributed by atoms with Crippen molar-refractivity contribution >= 4 is 34.5 Å². The summed E-state index contributed by atoms with van der Waals surface area (Å²) in [5.41, 5.74) is 1.19.